The van der Waals surface area contributed by atoms with Crippen LogP contribution in [0.2, 0.25) is 0 Å². The molecule has 116 valence electrons. The number of phenols is 1. The second-order valence-corrected chi connectivity index (χ2v) is 5.96. The fourth-order valence-corrected chi connectivity index (χ4v) is 3.27. The van der Waals surface area contributed by atoms with Gasteiger partial charge in [0.25, 0.3) is 0 Å². The fraction of sp³-hybridized carbons (Fsp3) is 0.368. The molecule has 1 aliphatic rings. The minimum atomic E-state index is -0.755. The number of benzene rings is 2. The second kappa shape index (κ2) is 5.33. The first-order valence-corrected chi connectivity index (χ1v) is 7.61. The monoisotopic (exact) mass is 298 g/mol. The van der Waals surface area contributed by atoms with Gasteiger partial charge in [0.05, 0.1) is 0 Å². The van der Waals surface area contributed by atoms with Crippen LogP contribution < -0.4 is 4.74 Å². The lowest BCUT2D eigenvalue weighted by molar-refractivity contribution is -0.184. The standard InChI is InChI=1S/C19H22O3/c1-12-13(2)18-16(14(3)17(12)20)10-11-19(21-4,22-18)15-8-6-5-7-9-15/h5-9,20H,10-11H2,1-4H3. The van der Waals surface area contributed by atoms with Crippen molar-refractivity contribution in [2.24, 2.45) is 0 Å². The van der Waals surface area contributed by atoms with Crippen LogP contribution in [0.15, 0.2) is 30.3 Å². The highest BCUT2D eigenvalue weighted by atomic mass is 16.7. The van der Waals surface area contributed by atoms with Gasteiger partial charge in [-0.25, -0.2) is 0 Å². The number of methoxy groups -OCH3 is 1. The summed E-state index contributed by atoms with van der Waals surface area (Å²) in [5.74, 6) is 0.476. The van der Waals surface area contributed by atoms with E-state index in [-0.39, 0.29) is 0 Å². The molecule has 0 aliphatic carbocycles. The lowest BCUT2D eigenvalue weighted by atomic mass is 9.88. The molecule has 0 saturated heterocycles. The summed E-state index contributed by atoms with van der Waals surface area (Å²) in [6.45, 7) is 5.86. The molecule has 1 N–H and O–H groups in total. The summed E-state index contributed by atoms with van der Waals surface area (Å²) < 4.78 is 12.2. The van der Waals surface area contributed by atoms with Crippen LogP contribution in [0.3, 0.4) is 0 Å². The molecule has 1 unspecified atom stereocenters. The van der Waals surface area contributed by atoms with Crippen LogP contribution in [-0.4, -0.2) is 12.2 Å². The van der Waals surface area contributed by atoms with Gasteiger partial charge in [-0.3, -0.25) is 0 Å². The van der Waals surface area contributed by atoms with E-state index < -0.39 is 5.79 Å². The van der Waals surface area contributed by atoms with Crippen molar-refractivity contribution < 1.29 is 14.6 Å². The minimum Gasteiger partial charge on any atom is -0.507 e. The van der Waals surface area contributed by atoms with Gasteiger partial charge in [0, 0.05) is 24.7 Å². The van der Waals surface area contributed by atoms with Crippen molar-refractivity contribution in [3.63, 3.8) is 0 Å². The number of ether oxygens (including phenoxy) is 2. The molecule has 22 heavy (non-hydrogen) atoms. The average Bonchev–Trinajstić information content (AvgIpc) is 2.58. The van der Waals surface area contributed by atoms with E-state index in [4.69, 9.17) is 9.47 Å². The largest absolute Gasteiger partial charge is 0.507 e. The molecule has 0 radical (unpaired) electrons. The van der Waals surface area contributed by atoms with Crippen molar-refractivity contribution in [2.75, 3.05) is 7.11 Å². The number of aromatic hydroxyl groups is 1. The van der Waals surface area contributed by atoms with Crippen molar-refractivity contribution in [3.05, 3.63) is 58.1 Å². The van der Waals surface area contributed by atoms with Crippen LogP contribution in [0.25, 0.3) is 0 Å². The van der Waals surface area contributed by atoms with Gasteiger partial charge in [-0.2, -0.15) is 0 Å². The fourth-order valence-electron chi connectivity index (χ4n) is 3.27. The third-order valence-corrected chi connectivity index (χ3v) is 4.85. The van der Waals surface area contributed by atoms with E-state index in [2.05, 4.69) is 0 Å². The molecule has 3 nitrogen and oxygen atoms in total. The van der Waals surface area contributed by atoms with Crippen LogP contribution in [0.4, 0.5) is 0 Å². The highest BCUT2D eigenvalue weighted by molar-refractivity contribution is 5.58. The maximum absolute atomic E-state index is 10.3. The molecule has 3 rings (SSSR count). The first-order valence-electron chi connectivity index (χ1n) is 7.61. The van der Waals surface area contributed by atoms with E-state index in [1.807, 2.05) is 51.1 Å². The summed E-state index contributed by atoms with van der Waals surface area (Å²) >= 11 is 0. The Kier molecular flexibility index (Phi) is 3.61. The molecule has 0 fully saturated rings. The Morgan fingerprint density at radius 2 is 1.73 bits per heavy atom. The number of fused-ring (bicyclic) bond motifs is 1. The molecule has 0 aromatic heterocycles. The van der Waals surface area contributed by atoms with E-state index in [0.717, 1.165) is 46.4 Å². The molecule has 0 spiro atoms. The minimum absolute atomic E-state index is 0.379. The Morgan fingerprint density at radius 1 is 1.05 bits per heavy atom. The summed E-state index contributed by atoms with van der Waals surface area (Å²) in [6.07, 6.45) is 1.54. The van der Waals surface area contributed by atoms with Crippen molar-refractivity contribution in [1.29, 1.82) is 0 Å². The molecule has 0 bridgehead atoms. The van der Waals surface area contributed by atoms with Gasteiger partial charge >= 0.3 is 0 Å². The topological polar surface area (TPSA) is 38.7 Å². The molecule has 0 amide bonds. The number of rotatable bonds is 2. The number of hydrogen-bond donors (Lipinski definition) is 1. The van der Waals surface area contributed by atoms with E-state index in [1.165, 1.54) is 0 Å². The zero-order valence-electron chi connectivity index (χ0n) is 13.6. The van der Waals surface area contributed by atoms with Gasteiger partial charge in [-0.05, 0) is 43.9 Å². The Bertz CT molecular complexity index is 707. The molecular weight excluding hydrogens is 276 g/mol. The summed E-state index contributed by atoms with van der Waals surface area (Å²) in [7, 11) is 1.69. The molecule has 1 atom stereocenters. The van der Waals surface area contributed by atoms with Gasteiger partial charge in [-0.15, -0.1) is 0 Å². The van der Waals surface area contributed by atoms with Gasteiger partial charge in [-0.1, -0.05) is 30.3 Å². The molecule has 2 aromatic carbocycles. The Morgan fingerprint density at radius 3 is 2.36 bits per heavy atom. The Balaban J connectivity index is 2.14. The summed E-state index contributed by atoms with van der Waals surface area (Å²) in [4.78, 5) is 0. The SMILES string of the molecule is COC1(c2ccccc2)CCc2c(C)c(O)c(C)c(C)c2O1. The van der Waals surface area contributed by atoms with Crippen LogP contribution in [0, 0.1) is 20.8 Å². The van der Waals surface area contributed by atoms with Crippen molar-refractivity contribution >= 4 is 0 Å². The lowest BCUT2D eigenvalue weighted by Gasteiger charge is -2.39. The van der Waals surface area contributed by atoms with Crippen LogP contribution in [0.5, 0.6) is 11.5 Å². The molecule has 1 aliphatic heterocycles. The number of phenolic OH excluding ortho intramolecular Hbond substituents is 1. The highest BCUT2D eigenvalue weighted by Crippen LogP contribution is 2.46. The zero-order valence-corrected chi connectivity index (χ0v) is 13.6. The van der Waals surface area contributed by atoms with Crippen molar-refractivity contribution in [1.82, 2.24) is 0 Å². The maximum Gasteiger partial charge on any atom is 0.237 e. The molecule has 0 saturated carbocycles. The molecule has 2 aromatic rings. The Labute approximate surface area is 131 Å². The van der Waals surface area contributed by atoms with E-state index in [0.29, 0.717) is 5.75 Å². The summed E-state index contributed by atoms with van der Waals surface area (Å²) in [5.41, 5.74) is 4.87. The average molecular weight is 298 g/mol. The predicted octanol–water partition coefficient (Wildman–Crippen LogP) is 4.14. The molecular formula is C19H22O3. The predicted molar refractivity (Wildman–Crippen MR) is 86.4 cm³/mol. The first-order chi connectivity index (χ1) is 10.5. The first kappa shape index (κ1) is 14.9. The van der Waals surface area contributed by atoms with E-state index in [9.17, 15) is 5.11 Å². The maximum atomic E-state index is 10.3. The zero-order chi connectivity index (χ0) is 15.9. The Hall–Kier alpha value is -2.00. The van der Waals surface area contributed by atoms with Crippen LogP contribution in [0.1, 0.15) is 34.2 Å². The summed E-state index contributed by atoms with van der Waals surface area (Å²) in [5, 5.41) is 10.3. The highest BCUT2D eigenvalue weighted by Gasteiger charge is 2.40. The summed E-state index contributed by atoms with van der Waals surface area (Å²) in [6, 6.07) is 10.0. The van der Waals surface area contributed by atoms with Crippen LogP contribution in [-0.2, 0) is 16.9 Å². The molecule has 1 heterocycles. The van der Waals surface area contributed by atoms with Gasteiger partial charge in [0.1, 0.15) is 11.5 Å². The van der Waals surface area contributed by atoms with Gasteiger partial charge in [0.2, 0.25) is 5.79 Å². The van der Waals surface area contributed by atoms with Gasteiger partial charge < -0.3 is 14.6 Å². The second-order valence-electron chi connectivity index (χ2n) is 5.96. The van der Waals surface area contributed by atoms with Gasteiger partial charge in [0.15, 0.2) is 0 Å². The van der Waals surface area contributed by atoms with E-state index in [1.54, 1.807) is 7.11 Å². The van der Waals surface area contributed by atoms with Crippen molar-refractivity contribution in [3.8, 4) is 11.5 Å². The van der Waals surface area contributed by atoms with E-state index >= 15 is 0 Å². The third kappa shape index (κ3) is 2.08. The normalized spacial score (nSPS) is 20.4. The third-order valence-electron chi connectivity index (χ3n) is 4.85. The molecule has 3 heteroatoms. The van der Waals surface area contributed by atoms with Crippen LogP contribution >= 0.6 is 0 Å². The number of hydrogen-bond acceptors (Lipinski definition) is 3. The van der Waals surface area contributed by atoms with Crippen molar-refractivity contribution in [2.45, 2.75) is 39.4 Å². The lowest BCUT2D eigenvalue weighted by Crippen LogP contribution is -2.39. The smallest absolute Gasteiger partial charge is 0.237 e. The quantitative estimate of drug-likeness (QED) is 0.905.